The lowest BCUT2D eigenvalue weighted by atomic mass is 10.1. The summed E-state index contributed by atoms with van der Waals surface area (Å²) in [7, 11) is -5.76. The molecule has 7 nitrogen and oxygen atoms in total. The lowest BCUT2D eigenvalue weighted by Gasteiger charge is -2.09. The predicted molar refractivity (Wildman–Crippen MR) is 97.2 cm³/mol. The number of aromatic nitrogens is 2. The second kappa shape index (κ2) is 9.26. The first-order chi connectivity index (χ1) is 13.1. The molecule has 2 heterocycles. The standard InChI is InChI=1S/C17H22F3N3O4S/c1-2-3-4-5-6-15(24)21-8-7-12-10-22-16-14(12)9-13(11-23-16)27-28(25,26)17(18,19)20/h9-11H,2-8H2,1H3,(H,21,24)(H,22,23). The van der Waals surface area contributed by atoms with Crippen molar-refractivity contribution >= 4 is 27.1 Å². The topological polar surface area (TPSA) is 101 Å². The molecular formula is C17H22F3N3O4S. The summed E-state index contributed by atoms with van der Waals surface area (Å²) in [5.41, 5.74) is -4.48. The molecule has 2 N–H and O–H groups in total. The lowest BCUT2D eigenvalue weighted by molar-refractivity contribution is -0.121. The maximum absolute atomic E-state index is 12.4. The van der Waals surface area contributed by atoms with E-state index in [-0.39, 0.29) is 5.91 Å². The number of aromatic amines is 1. The van der Waals surface area contributed by atoms with Crippen LogP contribution in [-0.4, -0.2) is 36.3 Å². The number of nitrogens with zero attached hydrogens (tertiary/aromatic N) is 1. The minimum Gasteiger partial charge on any atom is -0.374 e. The van der Waals surface area contributed by atoms with E-state index in [1.807, 2.05) is 0 Å². The van der Waals surface area contributed by atoms with Gasteiger partial charge in [0.15, 0.2) is 5.75 Å². The van der Waals surface area contributed by atoms with E-state index in [1.165, 1.54) is 6.07 Å². The number of rotatable bonds is 10. The smallest absolute Gasteiger partial charge is 0.374 e. The summed E-state index contributed by atoms with van der Waals surface area (Å²) in [4.78, 5) is 18.5. The van der Waals surface area contributed by atoms with E-state index in [0.29, 0.717) is 36.0 Å². The van der Waals surface area contributed by atoms with Crippen molar-refractivity contribution in [1.82, 2.24) is 15.3 Å². The van der Waals surface area contributed by atoms with Crippen molar-refractivity contribution in [2.75, 3.05) is 6.54 Å². The molecule has 28 heavy (non-hydrogen) atoms. The van der Waals surface area contributed by atoms with Crippen LogP contribution in [0.4, 0.5) is 13.2 Å². The predicted octanol–water partition coefficient (Wildman–Crippen LogP) is 3.42. The number of hydrogen-bond donors (Lipinski definition) is 2. The van der Waals surface area contributed by atoms with Crippen LogP contribution in [0.5, 0.6) is 5.75 Å². The van der Waals surface area contributed by atoms with Gasteiger partial charge in [-0.15, -0.1) is 0 Å². The molecule has 2 aromatic rings. The van der Waals surface area contributed by atoms with Gasteiger partial charge in [0.25, 0.3) is 0 Å². The molecular weight excluding hydrogens is 399 g/mol. The molecule has 0 saturated carbocycles. The van der Waals surface area contributed by atoms with E-state index in [9.17, 15) is 26.4 Å². The number of fused-ring (bicyclic) bond motifs is 1. The minimum atomic E-state index is -5.76. The van der Waals surface area contributed by atoms with Crippen LogP contribution in [-0.2, 0) is 21.3 Å². The van der Waals surface area contributed by atoms with E-state index in [4.69, 9.17) is 0 Å². The molecule has 0 radical (unpaired) electrons. The second-order valence-corrected chi connectivity index (χ2v) is 7.81. The molecule has 0 aromatic carbocycles. The summed E-state index contributed by atoms with van der Waals surface area (Å²) >= 11 is 0. The first kappa shape index (κ1) is 22.0. The van der Waals surface area contributed by atoms with Gasteiger partial charge in [0.2, 0.25) is 5.91 Å². The van der Waals surface area contributed by atoms with E-state index >= 15 is 0 Å². The van der Waals surface area contributed by atoms with Crippen LogP contribution in [0, 0.1) is 0 Å². The fourth-order valence-corrected chi connectivity index (χ4v) is 3.04. The van der Waals surface area contributed by atoms with Gasteiger partial charge < -0.3 is 14.5 Å². The van der Waals surface area contributed by atoms with Gasteiger partial charge in [-0.2, -0.15) is 21.6 Å². The van der Waals surface area contributed by atoms with E-state index in [1.54, 1.807) is 6.20 Å². The number of alkyl halides is 3. The molecule has 11 heteroatoms. The van der Waals surface area contributed by atoms with Crippen molar-refractivity contribution in [2.24, 2.45) is 0 Å². The normalized spacial score (nSPS) is 12.3. The first-order valence-electron chi connectivity index (χ1n) is 8.87. The molecule has 0 bridgehead atoms. The molecule has 156 valence electrons. The van der Waals surface area contributed by atoms with Crippen molar-refractivity contribution in [2.45, 2.75) is 51.0 Å². The Morgan fingerprint density at radius 2 is 2.04 bits per heavy atom. The molecule has 1 amide bonds. The monoisotopic (exact) mass is 421 g/mol. The fourth-order valence-electron chi connectivity index (χ4n) is 2.60. The molecule has 0 aliphatic heterocycles. The highest BCUT2D eigenvalue weighted by atomic mass is 32.2. The highest BCUT2D eigenvalue weighted by molar-refractivity contribution is 7.88. The molecule has 0 fully saturated rings. The summed E-state index contributed by atoms with van der Waals surface area (Å²) in [5, 5.41) is 3.21. The van der Waals surface area contributed by atoms with Gasteiger partial charge in [0.1, 0.15) is 5.65 Å². The first-order valence-corrected chi connectivity index (χ1v) is 10.3. The van der Waals surface area contributed by atoms with Crippen molar-refractivity contribution < 1.29 is 30.6 Å². The highest BCUT2D eigenvalue weighted by Crippen LogP contribution is 2.28. The van der Waals surface area contributed by atoms with E-state index < -0.39 is 21.4 Å². The Kier molecular flexibility index (Phi) is 7.28. The number of hydrogen-bond acceptors (Lipinski definition) is 5. The van der Waals surface area contributed by atoms with E-state index in [2.05, 4.69) is 26.4 Å². The fraction of sp³-hybridized carbons (Fsp3) is 0.529. The summed E-state index contributed by atoms with van der Waals surface area (Å²) in [6.45, 7) is 2.43. The van der Waals surface area contributed by atoms with Gasteiger partial charge in [0.05, 0.1) is 6.20 Å². The van der Waals surface area contributed by atoms with Crippen LogP contribution in [0.25, 0.3) is 11.0 Å². The van der Waals surface area contributed by atoms with Gasteiger partial charge in [-0.05, 0) is 24.5 Å². The number of carbonyl (C=O) groups is 1. The van der Waals surface area contributed by atoms with Gasteiger partial charge >= 0.3 is 15.6 Å². The van der Waals surface area contributed by atoms with Crippen molar-refractivity contribution in [1.29, 1.82) is 0 Å². The molecule has 0 spiro atoms. The largest absolute Gasteiger partial charge is 0.534 e. The van der Waals surface area contributed by atoms with E-state index in [0.717, 1.165) is 31.9 Å². The summed E-state index contributed by atoms with van der Waals surface area (Å²) in [6.07, 6.45) is 7.35. The van der Waals surface area contributed by atoms with Crippen LogP contribution in [0.2, 0.25) is 0 Å². The molecule has 0 unspecified atom stereocenters. The van der Waals surface area contributed by atoms with Gasteiger partial charge in [0, 0.05) is 24.5 Å². The van der Waals surface area contributed by atoms with Crippen molar-refractivity contribution in [3.63, 3.8) is 0 Å². The number of carbonyl (C=O) groups excluding carboxylic acids is 1. The number of H-pyrrole nitrogens is 1. The third kappa shape index (κ3) is 5.85. The Balaban J connectivity index is 1.98. The zero-order valence-electron chi connectivity index (χ0n) is 15.3. The maximum atomic E-state index is 12.4. The molecule has 2 rings (SSSR count). The number of nitrogens with one attached hydrogen (secondary N) is 2. The zero-order valence-corrected chi connectivity index (χ0v) is 16.1. The zero-order chi connectivity index (χ0) is 20.8. The Hall–Kier alpha value is -2.30. The van der Waals surface area contributed by atoms with Crippen LogP contribution >= 0.6 is 0 Å². The number of unbranched alkanes of at least 4 members (excludes halogenated alkanes) is 3. The number of pyridine rings is 1. The van der Waals surface area contributed by atoms with Gasteiger partial charge in [-0.3, -0.25) is 4.79 Å². The molecule has 2 aromatic heterocycles. The van der Waals surface area contributed by atoms with Gasteiger partial charge in [-0.25, -0.2) is 4.98 Å². The summed E-state index contributed by atoms with van der Waals surface area (Å²) in [5.74, 6) is -0.597. The van der Waals surface area contributed by atoms with Crippen molar-refractivity contribution in [3.05, 3.63) is 24.0 Å². The average molecular weight is 421 g/mol. The maximum Gasteiger partial charge on any atom is 0.534 e. The summed E-state index contributed by atoms with van der Waals surface area (Å²) in [6, 6.07) is 1.17. The SMILES string of the molecule is CCCCCCC(=O)NCCc1c[nH]c2ncc(OS(=O)(=O)C(F)(F)F)cc12. The average Bonchev–Trinajstić information content (AvgIpc) is 3.00. The van der Waals surface area contributed by atoms with Crippen LogP contribution in [0.15, 0.2) is 18.5 Å². The van der Waals surface area contributed by atoms with Gasteiger partial charge in [-0.1, -0.05) is 26.2 Å². The van der Waals surface area contributed by atoms with Crippen LogP contribution in [0.3, 0.4) is 0 Å². The Morgan fingerprint density at radius 3 is 2.71 bits per heavy atom. The Morgan fingerprint density at radius 1 is 1.29 bits per heavy atom. The second-order valence-electron chi connectivity index (χ2n) is 6.27. The molecule has 0 aliphatic rings. The minimum absolute atomic E-state index is 0.0608. The highest BCUT2D eigenvalue weighted by Gasteiger charge is 2.48. The molecule has 0 atom stereocenters. The third-order valence-electron chi connectivity index (χ3n) is 4.05. The van der Waals surface area contributed by atoms with Crippen molar-refractivity contribution in [3.8, 4) is 5.75 Å². The molecule has 0 aliphatic carbocycles. The molecule has 0 saturated heterocycles. The quantitative estimate of drug-likeness (QED) is 0.348. The number of amides is 1. The lowest BCUT2D eigenvalue weighted by Crippen LogP contribution is -2.28. The number of halogens is 3. The Labute approximate surface area is 160 Å². The van der Waals surface area contributed by atoms with Crippen LogP contribution < -0.4 is 9.50 Å². The third-order valence-corrected chi connectivity index (χ3v) is 5.03. The summed E-state index contributed by atoms with van der Waals surface area (Å²) < 4.78 is 63.7. The Bertz CT molecular complexity index is 910. The van der Waals surface area contributed by atoms with Crippen LogP contribution in [0.1, 0.15) is 44.6 Å².